The average Bonchev–Trinajstić information content (AvgIpc) is 3.10. The summed E-state index contributed by atoms with van der Waals surface area (Å²) in [6.07, 6.45) is 6.06. The number of unbranched alkanes of at least 4 members (excludes halogenated alkanes) is 1. The number of methoxy groups -OCH3 is 1. The molecule has 9 nitrogen and oxygen atoms in total. The molecule has 1 aromatic heterocycles. The Morgan fingerprint density at radius 3 is 2.64 bits per heavy atom. The van der Waals surface area contributed by atoms with Crippen LogP contribution < -0.4 is 10.6 Å². The van der Waals surface area contributed by atoms with E-state index in [1.165, 1.54) is 0 Å². The predicted molar refractivity (Wildman–Crippen MR) is 110 cm³/mol. The van der Waals surface area contributed by atoms with E-state index < -0.39 is 0 Å². The van der Waals surface area contributed by atoms with Gasteiger partial charge in [0, 0.05) is 72.4 Å². The Kier molecular flexibility index (Phi) is 9.78. The quantitative estimate of drug-likeness (QED) is 0.329. The molecule has 1 amide bonds. The number of ether oxygens (including phenoxy) is 1. The molecule has 158 valence electrons. The van der Waals surface area contributed by atoms with Crippen molar-refractivity contribution in [3.8, 4) is 0 Å². The van der Waals surface area contributed by atoms with E-state index in [1.807, 2.05) is 26.4 Å². The lowest BCUT2D eigenvalue weighted by atomic mass is 10.3. The number of rotatable bonds is 10. The molecule has 2 heterocycles. The summed E-state index contributed by atoms with van der Waals surface area (Å²) in [5.41, 5.74) is 0. The minimum Gasteiger partial charge on any atom is -0.383 e. The molecule has 9 heteroatoms. The van der Waals surface area contributed by atoms with Gasteiger partial charge in [-0.05, 0) is 19.8 Å². The van der Waals surface area contributed by atoms with Crippen LogP contribution in [0.25, 0.3) is 0 Å². The van der Waals surface area contributed by atoms with Gasteiger partial charge in [0.2, 0.25) is 5.91 Å². The van der Waals surface area contributed by atoms with Crippen molar-refractivity contribution in [3.63, 3.8) is 0 Å². The summed E-state index contributed by atoms with van der Waals surface area (Å²) in [4.78, 5) is 25.0. The fourth-order valence-electron chi connectivity index (χ4n) is 3.25. The van der Waals surface area contributed by atoms with Crippen molar-refractivity contribution in [2.75, 3.05) is 66.6 Å². The number of aliphatic imine (C=N–C) groups is 1. The Balaban J connectivity index is 1.60. The zero-order valence-electron chi connectivity index (χ0n) is 17.5. The van der Waals surface area contributed by atoms with Gasteiger partial charge in [0.1, 0.15) is 5.82 Å². The molecule has 0 aliphatic carbocycles. The summed E-state index contributed by atoms with van der Waals surface area (Å²) in [6.45, 7) is 8.95. The molecule has 0 bridgehead atoms. The van der Waals surface area contributed by atoms with Crippen molar-refractivity contribution < 1.29 is 9.53 Å². The van der Waals surface area contributed by atoms with Gasteiger partial charge in [0.15, 0.2) is 5.96 Å². The van der Waals surface area contributed by atoms with E-state index in [0.717, 1.165) is 63.9 Å². The first-order chi connectivity index (χ1) is 13.6. The molecule has 1 aromatic rings. The van der Waals surface area contributed by atoms with Crippen LogP contribution in [0.3, 0.4) is 0 Å². The molecule has 0 aromatic carbocycles. The van der Waals surface area contributed by atoms with Crippen LogP contribution in [-0.4, -0.2) is 97.8 Å². The van der Waals surface area contributed by atoms with Crippen molar-refractivity contribution >= 4 is 11.9 Å². The molecule has 0 spiro atoms. The smallest absolute Gasteiger partial charge is 0.234 e. The lowest BCUT2D eigenvalue weighted by molar-refractivity contribution is -0.122. The monoisotopic (exact) mass is 393 g/mol. The molecule has 0 saturated carbocycles. The normalized spacial score (nSPS) is 15.7. The predicted octanol–water partition coefficient (Wildman–Crippen LogP) is -0.0727. The Morgan fingerprint density at radius 1 is 1.21 bits per heavy atom. The van der Waals surface area contributed by atoms with E-state index in [2.05, 4.69) is 35.0 Å². The first-order valence-corrected chi connectivity index (χ1v) is 10.1. The summed E-state index contributed by atoms with van der Waals surface area (Å²) in [7, 11) is 3.46. The fraction of sp³-hybridized carbons (Fsp3) is 0.737. The van der Waals surface area contributed by atoms with Crippen LogP contribution in [-0.2, 0) is 16.1 Å². The maximum Gasteiger partial charge on any atom is 0.234 e. The van der Waals surface area contributed by atoms with Crippen LogP contribution in [0.4, 0.5) is 0 Å². The second kappa shape index (κ2) is 12.4. The first kappa shape index (κ1) is 22.2. The van der Waals surface area contributed by atoms with Crippen LogP contribution in [0, 0.1) is 6.92 Å². The van der Waals surface area contributed by atoms with E-state index in [0.29, 0.717) is 19.7 Å². The third-order valence-corrected chi connectivity index (χ3v) is 4.91. The summed E-state index contributed by atoms with van der Waals surface area (Å²) in [5.74, 6) is 2.07. The van der Waals surface area contributed by atoms with E-state index in [1.54, 1.807) is 7.11 Å². The molecule has 0 atom stereocenters. The zero-order chi connectivity index (χ0) is 20.2. The first-order valence-electron chi connectivity index (χ1n) is 10.1. The number of imidazole rings is 1. The Bertz CT molecular complexity index is 609. The van der Waals surface area contributed by atoms with Crippen molar-refractivity contribution in [1.29, 1.82) is 0 Å². The van der Waals surface area contributed by atoms with Gasteiger partial charge >= 0.3 is 0 Å². The fourth-order valence-corrected chi connectivity index (χ4v) is 3.25. The summed E-state index contributed by atoms with van der Waals surface area (Å²) in [6, 6.07) is 0. The highest BCUT2D eigenvalue weighted by molar-refractivity contribution is 5.80. The highest BCUT2D eigenvalue weighted by Crippen LogP contribution is 2.03. The Morgan fingerprint density at radius 2 is 2.00 bits per heavy atom. The average molecular weight is 394 g/mol. The van der Waals surface area contributed by atoms with E-state index in [9.17, 15) is 4.79 Å². The molecular formula is C19H35N7O2. The van der Waals surface area contributed by atoms with E-state index in [4.69, 9.17) is 4.74 Å². The maximum atomic E-state index is 11.9. The molecule has 0 unspecified atom stereocenters. The number of aromatic nitrogens is 2. The van der Waals surface area contributed by atoms with Crippen molar-refractivity contribution in [3.05, 3.63) is 18.2 Å². The van der Waals surface area contributed by atoms with Crippen molar-refractivity contribution in [2.24, 2.45) is 4.99 Å². The third-order valence-electron chi connectivity index (χ3n) is 4.91. The number of aryl methyl sites for hydroxylation is 2. The summed E-state index contributed by atoms with van der Waals surface area (Å²) in [5, 5.41) is 6.33. The molecule has 1 saturated heterocycles. The Labute approximate surface area is 168 Å². The number of hydrogen-bond donors (Lipinski definition) is 2. The van der Waals surface area contributed by atoms with Gasteiger partial charge < -0.3 is 24.8 Å². The van der Waals surface area contributed by atoms with Crippen LogP contribution in [0.5, 0.6) is 0 Å². The second-order valence-electron chi connectivity index (χ2n) is 6.95. The summed E-state index contributed by atoms with van der Waals surface area (Å²) < 4.78 is 7.13. The Hall–Kier alpha value is -2.13. The largest absolute Gasteiger partial charge is 0.383 e. The van der Waals surface area contributed by atoms with Crippen molar-refractivity contribution in [2.45, 2.75) is 26.3 Å². The molecule has 2 rings (SSSR count). The number of carbonyl (C=O) groups is 1. The minimum atomic E-state index is 0.0566. The highest BCUT2D eigenvalue weighted by Gasteiger charge is 2.20. The van der Waals surface area contributed by atoms with Gasteiger partial charge in [-0.1, -0.05) is 0 Å². The standard InChI is InChI=1S/C19H35N7O2/c1-17-21-7-10-25(17)9-5-4-6-23-19(20-2)26-13-11-24(12-14-26)16-18(27)22-8-15-28-3/h7,10H,4-6,8-9,11-16H2,1-3H3,(H,20,23)(H,22,27). The van der Waals surface area contributed by atoms with Gasteiger partial charge in [0.25, 0.3) is 0 Å². The molecule has 1 aliphatic heterocycles. The topological polar surface area (TPSA) is 87.0 Å². The van der Waals surface area contributed by atoms with Gasteiger partial charge in [0.05, 0.1) is 13.2 Å². The summed E-state index contributed by atoms with van der Waals surface area (Å²) >= 11 is 0. The zero-order valence-corrected chi connectivity index (χ0v) is 17.5. The number of nitrogens with zero attached hydrogens (tertiary/aromatic N) is 5. The number of amides is 1. The second-order valence-corrected chi connectivity index (χ2v) is 6.95. The van der Waals surface area contributed by atoms with E-state index >= 15 is 0 Å². The number of piperazine rings is 1. The highest BCUT2D eigenvalue weighted by atomic mass is 16.5. The molecule has 1 fully saturated rings. The lowest BCUT2D eigenvalue weighted by Gasteiger charge is -2.36. The third kappa shape index (κ3) is 7.47. The van der Waals surface area contributed by atoms with Crippen LogP contribution in [0.15, 0.2) is 17.4 Å². The molecule has 28 heavy (non-hydrogen) atoms. The van der Waals surface area contributed by atoms with Crippen LogP contribution in [0.2, 0.25) is 0 Å². The lowest BCUT2D eigenvalue weighted by Crippen LogP contribution is -2.54. The van der Waals surface area contributed by atoms with Crippen LogP contribution >= 0.6 is 0 Å². The van der Waals surface area contributed by atoms with Crippen LogP contribution in [0.1, 0.15) is 18.7 Å². The van der Waals surface area contributed by atoms with Crippen molar-refractivity contribution in [1.82, 2.24) is 30.0 Å². The number of carbonyl (C=O) groups excluding carboxylic acids is 1. The van der Waals surface area contributed by atoms with Gasteiger partial charge in [-0.2, -0.15) is 0 Å². The SMILES string of the molecule is CN=C(NCCCCn1ccnc1C)N1CCN(CC(=O)NCCOC)CC1. The molecule has 1 aliphatic rings. The molecule has 2 N–H and O–H groups in total. The minimum absolute atomic E-state index is 0.0566. The molecule has 0 radical (unpaired) electrons. The van der Waals surface area contributed by atoms with Gasteiger partial charge in [-0.25, -0.2) is 4.98 Å². The molecular weight excluding hydrogens is 358 g/mol. The number of guanidine groups is 1. The number of nitrogens with one attached hydrogen (secondary N) is 2. The van der Waals surface area contributed by atoms with Gasteiger partial charge in [-0.15, -0.1) is 0 Å². The maximum absolute atomic E-state index is 11.9. The number of hydrogen-bond acceptors (Lipinski definition) is 5. The van der Waals surface area contributed by atoms with Gasteiger partial charge in [-0.3, -0.25) is 14.7 Å². The van der Waals surface area contributed by atoms with E-state index in [-0.39, 0.29) is 5.91 Å².